The van der Waals surface area contributed by atoms with Crippen LogP contribution >= 0.6 is 0 Å². The molecule has 1 aromatic carbocycles. The summed E-state index contributed by atoms with van der Waals surface area (Å²) in [5.41, 5.74) is 0.942. The minimum Gasteiger partial charge on any atom is -0.478 e. The molecule has 0 saturated carbocycles. The number of amides is 2. The number of hydrogen-bond acceptors (Lipinski definition) is 5. The molecule has 1 aromatic rings. The molecule has 1 rings (SSSR count). The standard InChI is InChI=1S/C28H46N4O4/c1-17(2)21(15-18(3)26(35)36)32(11)25(34)23(27(4,5)6)31-24(33)22(30-10)28(7,8)19-13-12-14-20(16-19)29-9/h12-17,21-23,29-30H,1-11H3,(H,31,33)(H,35,36)/b18-15+/t21-,22-,23-/m1/s1. The summed E-state index contributed by atoms with van der Waals surface area (Å²) in [5, 5.41) is 18.6. The quantitative estimate of drug-likeness (QED) is 0.344. The summed E-state index contributed by atoms with van der Waals surface area (Å²) in [6.45, 7) is 15.1. The Labute approximate surface area is 216 Å². The van der Waals surface area contributed by atoms with Crippen LogP contribution in [0, 0.1) is 11.3 Å². The van der Waals surface area contributed by atoms with Crippen LogP contribution < -0.4 is 16.0 Å². The average molecular weight is 503 g/mol. The van der Waals surface area contributed by atoms with Crippen molar-refractivity contribution >= 4 is 23.5 Å². The van der Waals surface area contributed by atoms with Crippen LogP contribution in [0.25, 0.3) is 0 Å². The van der Waals surface area contributed by atoms with Crippen molar-refractivity contribution < 1.29 is 19.5 Å². The zero-order chi connectivity index (χ0) is 28.0. The van der Waals surface area contributed by atoms with E-state index in [2.05, 4.69) is 16.0 Å². The highest BCUT2D eigenvalue weighted by Crippen LogP contribution is 2.30. The van der Waals surface area contributed by atoms with Crippen LogP contribution in [0.15, 0.2) is 35.9 Å². The molecule has 0 unspecified atom stereocenters. The third-order valence-corrected chi connectivity index (χ3v) is 6.80. The van der Waals surface area contributed by atoms with Gasteiger partial charge in [-0.3, -0.25) is 9.59 Å². The lowest BCUT2D eigenvalue weighted by molar-refractivity contribution is -0.141. The van der Waals surface area contributed by atoms with Crippen LogP contribution in [-0.2, 0) is 19.8 Å². The number of carbonyl (C=O) groups excluding carboxylic acids is 2. The monoisotopic (exact) mass is 502 g/mol. The Hall–Kier alpha value is -2.87. The number of nitrogens with one attached hydrogen (secondary N) is 3. The van der Waals surface area contributed by atoms with Gasteiger partial charge in [0.15, 0.2) is 0 Å². The predicted molar refractivity (Wildman–Crippen MR) is 146 cm³/mol. The van der Waals surface area contributed by atoms with Crippen molar-refractivity contribution in [2.45, 2.75) is 78.9 Å². The highest BCUT2D eigenvalue weighted by molar-refractivity contribution is 5.91. The number of carboxylic acids is 1. The second-order valence-corrected chi connectivity index (χ2v) is 11.4. The number of nitrogens with zero attached hydrogens (tertiary/aromatic N) is 1. The van der Waals surface area contributed by atoms with Crippen molar-refractivity contribution in [3.63, 3.8) is 0 Å². The van der Waals surface area contributed by atoms with E-state index >= 15 is 0 Å². The molecule has 0 aliphatic rings. The molecule has 2 amide bonds. The Morgan fingerprint density at radius 2 is 1.61 bits per heavy atom. The lowest BCUT2D eigenvalue weighted by atomic mass is 9.76. The summed E-state index contributed by atoms with van der Waals surface area (Å²) < 4.78 is 0. The molecule has 0 radical (unpaired) electrons. The van der Waals surface area contributed by atoms with Crippen LogP contribution in [0.1, 0.15) is 61.0 Å². The van der Waals surface area contributed by atoms with E-state index in [9.17, 15) is 19.5 Å². The maximum atomic E-state index is 13.7. The fourth-order valence-corrected chi connectivity index (χ4v) is 4.37. The first-order chi connectivity index (χ1) is 16.5. The van der Waals surface area contributed by atoms with Gasteiger partial charge in [0.1, 0.15) is 6.04 Å². The molecule has 8 nitrogen and oxygen atoms in total. The SMILES string of the molecule is CNc1cccc(C(C)(C)[C@H](NC)C(=O)N[C@H](C(=O)N(C)[C@H](/C=C(\C)C(=O)O)C(C)C)C(C)(C)C)c1. The second kappa shape index (κ2) is 12.4. The lowest BCUT2D eigenvalue weighted by Crippen LogP contribution is -2.61. The maximum Gasteiger partial charge on any atom is 0.331 e. The Bertz CT molecular complexity index is 963. The molecule has 8 heteroatoms. The lowest BCUT2D eigenvalue weighted by Gasteiger charge is -2.40. The number of rotatable bonds is 11. The van der Waals surface area contributed by atoms with Crippen molar-refractivity contribution in [3.8, 4) is 0 Å². The summed E-state index contributed by atoms with van der Waals surface area (Å²) in [5.74, 6) is -1.59. The summed E-state index contributed by atoms with van der Waals surface area (Å²) in [7, 11) is 5.25. The van der Waals surface area contributed by atoms with Crippen LogP contribution in [0.3, 0.4) is 0 Å². The van der Waals surface area contributed by atoms with E-state index < -0.39 is 34.9 Å². The van der Waals surface area contributed by atoms with Gasteiger partial charge in [0.2, 0.25) is 11.8 Å². The van der Waals surface area contributed by atoms with E-state index in [0.717, 1.165) is 11.3 Å². The van der Waals surface area contributed by atoms with E-state index in [0.29, 0.717) is 0 Å². The molecule has 0 aromatic heterocycles. The third-order valence-electron chi connectivity index (χ3n) is 6.80. The van der Waals surface area contributed by atoms with Gasteiger partial charge in [0, 0.05) is 30.8 Å². The maximum absolute atomic E-state index is 13.7. The van der Waals surface area contributed by atoms with Gasteiger partial charge in [-0.2, -0.15) is 0 Å². The summed E-state index contributed by atoms with van der Waals surface area (Å²) in [4.78, 5) is 40.3. The van der Waals surface area contributed by atoms with Gasteiger partial charge in [-0.1, -0.05) is 66.7 Å². The summed E-state index contributed by atoms with van der Waals surface area (Å²) >= 11 is 0. The Kier molecular flexibility index (Phi) is 10.7. The van der Waals surface area contributed by atoms with Crippen LogP contribution in [0.5, 0.6) is 0 Å². The molecule has 202 valence electrons. The molecule has 0 heterocycles. The van der Waals surface area contributed by atoms with Gasteiger partial charge in [0.05, 0.1) is 12.1 Å². The van der Waals surface area contributed by atoms with Crippen molar-refractivity contribution in [3.05, 3.63) is 41.5 Å². The molecule has 3 atom stereocenters. The molecule has 0 aliphatic carbocycles. The zero-order valence-electron chi connectivity index (χ0n) is 23.8. The van der Waals surface area contributed by atoms with E-state index in [4.69, 9.17) is 0 Å². The largest absolute Gasteiger partial charge is 0.478 e. The number of benzene rings is 1. The first-order valence-electron chi connectivity index (χ1n) is 12.4. The second-order valence-electron chi connectivity index (χ2n) is 11.4. The number of likely N-dealkylation sites (N-methyl/N-ethyl adjacent to an activating group) is 2. The molecule has 0 saturated heterocycles. The number of carbonyl (C=O) groups is 3. The molecule has 0 bridgehead atoms. The van der Waals surface area contributed by atoms with E-state index in [1.165, 1.54) is 6.92 Å². The van der Waals surface area contributed by atoms with Crippen molar-refractivity contribution in [2.75, 3.05) is 26.5 Å². The van der Waals surface area contributed by atoms with E-state index in [1.54, 1.807) is 25.1 Å². The van der Waals surface area contributed by atoms with Crippen LogP contribution in [0.2, 0.25) is 0 Å². The van der Waals surface area contributed by atoms with Crippen molar-refractivity contribution in [1.29, 1.82) is 0 Å². The number of hydrogen-bond donors (Lipinski definition) is 4. The molecule has 0 fully saturated rings. The van der Waals surface area contributed by atoms with Gasteiger partial charge in [0.25, 0.3) is 0 Å². The summed E-state index contributed by atoms with van der Waals surface area (Å²) in [6.07, 6.45) is 1.60. The normalized spacial score (nSPS) is 15.2. The summed E-state index contributed by atoms with van der Waals surface area (Å²) in [6, 6.07) is 6.06. The minimum absolute atomic E-state index is 0.0204. The zero-order valence-corrected chi connectivity index (χ0v) is 23.8. The Balaban J connectivity index is 3.33. The fourth-order valence-electron chi connectivity index (χ4n) is 4.37. The highest BCUT2D eigenvalue weighted by Gasteiger charge is 2.41. The molecule has 0 aliphatic heterocycles. The predicted octanol–water partition coefficient (Wildman–Crippen LogP) is 3.64. The van der Waals surface area contributed by atoms with Crippen molar-refractivity contribution in [1.82, 2.24) is 15.5 Å². The number of aliphatic carboxylic acids is 1. The van der Waals surface area contributed by atoms with Gasteiger partial charge in [-0.15, -0.1) is 0 Å². The van der Waals surface area contributed by atoms with Crippen LogP contribution in [-0.4, -0.2) is 67.1 Å². The van der Waals surface area contributed by atoms with Crippen LogP contribution in [0.4, 0.5) is 5.69 Å². The molecular weight excluding hydrogens is 456 g/mol. The van der Waals surface area contributed by atoms with Gasteiger partial charge >= 0.3 is 5.97 Å². The minimum atomic E-state index is -1.02. The fraction of sp³-hybridized carbons (Fsp3) is 0.607. The Morgan fingerprint density at radius 3 is 2.06 bits per heavy atom. The number of anilines is 1. The van der Waals surface area contributed by atoms with Gasteiger partial charge < -0.3 is 26.0 Å². The first kappa shape index (κ1) is 31.2. The van der Waals surface area contributed by atoms with E-state index in [1.807, 2.05) is 79.8 Å². The highest BCUT2D eigenvalue weighted by atomic mass is 16.4. The molecule has 0 spiro atoms. The smallest absolute Gasteiger partial charge is 0.331 e. The topological polar surface area (TPSA) is 111 Å². The van der Waals surface area contributed by atoms with E-state index in [-0.39, 0.29) is 23.3 Å². The number of carboxylic acid groups (broad SMARTS) is 1. The van der Waals surface area contributed by atoms with Crippen molar-refractivity contribution in [2.24, 2.45) is 11.3 Å². The van der Waals surface area contributed by atoms with Gasteiger partial charge in [-0.05, 0) is 43.0 Å². The Morgan fingerprint density at radius 1 is 1.03 bits per heavy atom. The molecule has 36 heavy (non-hydrogen) atoms. The third kappa shape index (κ3) is 7.56. The average Bonchev–Trinajstić information content (AvgIpc) is 2.79. The van der Waals surface area contributed by atoms with Gasteiger partial charge in [-0.25, -0.2) is 4.79 Å². The first-order valence-corrected chi connectivity index (χ1v) is 12.4. The molecule has 4 N–H and O–H groups in total. The molecular formula is C28H46N4O4.